The highest BCUT2D eigenvalue weighted by Crippen LogP contribution is 2.40. The zero-order valence-electron chi connectivity index (χ0n) is 33.3. The Kier molecular flexibility index (Phi) is 13.6. The van der Waals surface area contributed by atoms with Crippen LogP contribution in [-0.2, 0) is 10.2 Å². The molecule has 1 aromatic heterocycles. The molecule has 1 saturated heterocycles. The van der Waals surface area contributed by atoms with E-state index >= 15 is 0 Å². The minimum absolute atomic E-state index is 0.159. The average Bonchev–Trinajstić information content (AvgIpc) is 3.20. The Hall–Kier alpha value is -5.70. The molecule has 5 aromatic rings. The van der Waals surface area contributed by atoms with Crippen LogP contribution in [0, 0.1) is 0 Å². The maximum absolute atomic E-state index is 13.5. The standard InChI is InChI=1S/C43H51N7O6S/c1-43(2,3)28-24-35(40(54-5)36(25-28)49-57-6)48-42(52)47-34-14-15-37(32-11-8-7-10-31(32)34)56-30-16-18-44-39(27-30)46-29-12-13-33(38(26-29)53-4)41(51)45-17-9-19-50-20-22-55-23-21-50/h7-8,10-16,18,24-27,49H,9,17,19-23H2,1-6H3,(H,44,46)(H,45,51)(H2,47,48,52). The molecule has 57 heavy (non-hydrogen) atoms. The number of rotatable bonds is 15. The molecule has 0 radical (unpaired) electrons. The minimum atomic E-state index is -0.414. The highest BCUT2D eigenvalue weighted by molar-refractivity contribution is 7.99. The number of fused-ring (bicyclic) bond motifs is 1. The molecule has 0 unspecified atom stereocenters. The van der Waals surface area contributed by atoms with Gasteiger partial charge in [-0.05, 0) is 66.4 Å². The highest BCUT2D eigenvalue weighted by atomic mass is 32.2. The number of carbonyl (C=O) groups excluding carboxylic acids is 2. The van der Waals surface area contributed by atoms with Gasteiger partial charge >= 0.3 is 6.03 Å². The SMILES string of the molecule is COc1cc(Nc2cc(Oc3ccc(NC(=O)Nc4cc(C(C)(C)C)cc(NSC)c4OC)c4ccccc34)ccn2)ccc1C(=O)NCCCN1CCOCC1. The first kappa shape index (κ1) is 40.9. The first-order chi connectivity index (χ1) is 27.6. The molecular formula is C43H51N7O6S. The molecule has 4 aromatic carbocycles. The van der Waals surface area contributed by atoms with Gasteiger partial charge in [0.15, 0.2) is 5.75 Å². The fourth-order valence-electron chi connectivity index (χ4n) is 6.50. The average molecular weight is 794 g/mol. The Morgan fingerprint density at radius 3 is 2.35 bits per heavy atom. The van der Waals surface area contributed by atoms with Gasteiger partial charge < -0.3 is 44.9 Å². The smallest absolute Gasteiger partial charge is 0.323 e. The van der Waals surface area contributed by atoms with E-state index in [9.17, 15) is 9.59 Å². The van der Waals surface area contributed by atoms with Gasteiger partial charge in [0.05, 0.1) is 50.1 Å². The van der Waals surface area contributed by atoms with Crippen LogP contribution in [-0.4, -0.2) is 81.7 Å². The normalized spacial score (nSPS) is 13.1. The van der Waals surface area contributed by atoms with Gasteiger partial charge in [-0.1, -0.05) is 57.0 Å². The number of nitrogens with one attached hydrogen (secondary N) is 5. The van der Waals surface area contributed by atoms with Crippen LogP contribution in [0.15, 0.2) is 85.1 Å². The van der Waals surface area contributed by atoms with E-state index in [-0.39, 0.29) is 11.3 Å². The molecule has 13 nitrogen and oxygen atoms in total. The summed E-state index contributed by atoms with van der Waals surface area (Å²) in [4.78, 5) is 33.3. The van der Waals surface area contributed by atoms with Crippen LogP contribution in [0.3, 0.4) is 0 Å². The van der Waals surface area contributed by atoms with Crippen LogP contribution in [0.25, 0.3) is 10.8 Å². The number of pyridine rings is 1. The van der Waals surface area contributed by atoms with E-state index in [1.807, 2.05) is 60.9 Å². The third-order valence-corrected chi connectivity index (χ3v) is 9.89. The summed E-state index contributed by atoms with van der Waals surface area (Å²) in [5, 5.41) is 13.9. The largest absolute Gasteiger partial charge is 0.496 e. The summed E-state index contributed by atoms with van der Waals surface area (Å²) in [7, 11) is 3.13. The van der Waals surface area contributed by atoms with Gasteiger partial charge in [0.2, 0.25) is 0 Å². The molecule has 5 N–H and O–H groups in total. The number of anilines is 5. The third kappa shape index (κ3) is 10.6. The van der Waals surface area contributed by atoms with E-state index in [0.29, 0.717) is 58.0 Å². The number of morpholine rings is 1. The Balaban J connectivity index is 1.12. The monoisotopic (exact) mass is 793 g/mol. The Bertz CT molecular complexity index is 2190. The van der Waals surface area contributed by atoms with Crippen molar-refractivity contribution in [2.45, 2.75) is 32.6 Å². The van der Waals surface area contributed by atoms with E-state index in [1.165, 1.54) is 11.9 Å². The van der Waals surface area contributed by atoms with Crippen molar-refractivity contribution in [3.8, 4) is 23.0 Å². The van der Waals surface area contributed by atoms with Gasteiger partial charge in [-0.2, -0.15) is 0 Å². The number of urea groups is 1. The highest BCUT2D eigenvalue weighted by Gasteiger charge is 2.22. The van der Waals surface area contributed by atoms with Crippen LogP contribution in [0.2, 0.25) is 0 Å². The maximum atomic E-state index is 13.5. The summed E-state index contributed by atoms with van der Waals surface area (Å²) in [6, 6.07) is 23.8. The van der Waals surface area contributed by atoms with Crippen LogP contribution < -0.4 is 40.2 Å². The second-order valence-corrected chi connectivity index (χ2v) is 15.1. The van der Waals surface area contributed by atoms with Crippen molar-refractivity contribution in [3.05, 3.63) is 96.2 Å². The molecule has 1 aliphatic heterocycles. The number of nitrogens with zero attached hydrogens (tertiary/aromatic N) is 2. The molecule has 3 amide bonds. The van der Waals surface area contributed by atoms with Crippen molar-refractivity contribution in [1.82, 2.24) is 15.2 Å². The van der Waals surface area contributed by atoms with Crippen molar-refractivity contribution in [2.24, 2.45) is 0 Å². The lowest BCUT2D eigenvalue weighted by Crippen LogP contribution is -2.38. The van der Waals surface area contributed by atoms with Gasteiger partial charge in [0.25, 0.3) is 5.91 Å². The lowest BCUT2D eigenvalue weighted by atomic mass is 9.86. The fraction of sp³-hybridized carbons (Fsp3) is 0.326. The van der Waals surface area contributed by atoms with Gasteiger partial charge in [0.1, 0.15) is 23.1 Å². The maximum Gasteiger partial charge on any atom is 0.323 e. The summed E-state index contributed by atoms with van der Waals surface area (Å²) in [6.45, 7) is 11.2. The summed E-state index contributed by atoms with van der Waals surface area (Å²) < 4.78 is 26.4. The predicted octanol–water partition coefficient (Wildman–Crippen LogP) is 8.87. The van der Waals surface area contributed by atoms with Gasteiger partial charge in [-0.3, -0.25) is 9.69 Å². The van der Waals surface area contributed by atoms with Crippen LogP contribution in [0.1, 0.15) is 43.1 Å². The number of ether oxygens (including phenoxy) is 4. The summed E-state index contributed by atoms with van der Waals surface area (Å²) in [5.41, 5.74) is 3.97. The molecule has 300 valence electrons. The quantitative estimate of drug-likeness (QED) is 0.0512. The molecule has 0 aliphatic carbocycles. The van der Waals surface area contributed by atoms with Gasteiger partial charge in [-0.25, -0.2) is 9.78 Å². The van der Waals surface area contributed by atoms with Crippen LogP contribution >= 0.6 is 11.9 Å². The Morgan fingerprint density at radius 2 is 1.61 bits per heavy atom. The van der Waals surface area contributed by atoms with Crippen molar-refractivity contribution < 1.29 is 28.5 Å². The molecule has 1 fully saturated rings. The number of carbonyl (C=O) groups is 2. The molecule has 2 heterocycles. The molecule has 0 bridgehead atoms. The topological polar surface area (TPSA) is 147 Å². The summed E-state index contributed by atoms with van der Waals surface area (Å²) in [5.74, 6) is 2.49. The van der Waals surface area contributed by atoms with Crippen molar-refractivity contribution >= 4 is 63.2 Å². The molecule has 0 atom stereocenters. The number of benzene rings is 4. The number of hydrogen-bond donors (Lipinski definition) is 5. The van der Waals surface area contributed by atoms with Crippen LogP contribution in [0.4, 0.5) is 33.4 Å². The van der Waals surface area contributed by atoms with Gasteiger partial charge in [0, 0.05) is 60.7 Å². The van der Waals surface area contributed by atoms with E-state index in [1.54, 1.807) is 44.7 Å². The summed E-state index contributed by atoms with van der Waals surface area (Å²) in [6.07, 6.45) is 4.44. The first-order valence-corrected chi connectivity index (χ1v) is 20.1. The zero-order valence-corrected chi connectivity index (χ0v) is 34.1. The van der Waals surface area contributed by atoms with E-state index in [0.717, 1.165) is 61.3 Å². The number of methoxy groups -OCH3 is 2. The lowest BCUT2D eigenvalue weighted by Gasteiger charge is -2.26. The summed E-state index contributed by atoms with van der Waals surface area (Å²) >= 11 is 1.45. The van der Waals surface area contributed by atoms with Crippen molar-refractivity contribution in [2.75, 3.05) is 80.5 Å². The van der Waals surface area contributed by atoms with Crippen molar-refractivity contribution in [3.63, 3.8) is 0 Å². The second kappa shape index (κ2) is 19.0. The van der Waals surface area contributed by atoms with E-state index in [4.69, 9.17) is 18.9 Å². The number of aromatic nitrogens is 1. The minimum Gasteiger partial charge on any atom is -0.496 e. The fourth-order valence-corrected chi connectivity index (χ4v) is 6.88. The molecule has 0 saturated carbocycles. The Labute approximate surface area is 338 Å². The second-order valence-electron chi connectivity index (χ2n) is 14.5. The molecule has 1 aliphatic rings. The van der Waals surface area contributed by atoms with E-state index < -0.39 is 6.03 Å². The number of amides is 3. The predicted molar refractivity (Wildman–Crippen MR) is 230 cm³/mol. The van der Waals surface area contributed by atoms with Crippen molar-refractivity contribution in [1.29, 1.82) is 0 Å². The molecule has 6 rings (SSSR count). The Morgan fingerprint density at radius 1 is 0.860 bits per heavy atom. The molecule has 0 spiro atoms. The lowest BCUT2D eigenvalue weighted by molar-refractivity contribution is 0.0374. The number of hydrogen-bond acceptors (Lipinski definition) is 11. The first-order valence-electron chi connectivity index (χ1n) is 18.8. The molecular weight excluding hydrogens is 743 g/mol. The third-order valence-electron chi connectivity index (χ3n) is 9.47. The molecule has 14 heteroatoms. The zero-order chi connectivity index (χ0) is 40.4. The van der Waals surface area contributed by atoms with Crippen LogP contribution in [0.5, 0.6) is 23.0 Å². The van der Waals surface area contributed by atoms with Gasteiger partial charge in [-0.15, -0.1) is 0 Å². The van der Waals surface area contributed by atoms with E-state index in [2.05, 4.69) is 56.6 Å².